The van der Waals surface area contributed by atoms with E-state index in [0.29, 0.717) is 31.4 Å². The molecular formula is C24H34F2N4O4S. The maximum atomic E-state index is 13.6. The molecule has 0 spiro atoms. The van der Waals surface area contributed by atoms with Crippen LogP contribution in [0, 0.1) is 5.92 Å². The topological polar surface area (TPSA) is 93.5 Å². The molecule has 1 saturated carbocycles. The fourth-order valence-corrected chi connectivity index (χ4v) is 6.25. The molecule has 2 aromatic rings. The van der Waals surface area contributed by atoms with Crippen molar-refractivity contribution >= 4 is 27.1 Å². The summed E-state index contributed by atoms with van der Waals surface area (Å²) in [5.74, 6) is -1.65. The second-order valence-corrected chi connectivity index (χ2v) is 12.6. The minimum atomic E-state index is -3.76. The van der Waals surface area contributed by atoms with Gasteiger partial charge in [-0.05, 0) is 43.9 Å². The lowest BCUT2D eigenvalue weighted by molar-refractivity contribution is -0.0473. The van der Waals surface area contributed by atoms with Gasteiger partial charge in [0, 0.05) is 31.3 Å². The number of nitrogens with one attached hydrogen (secondary N) is 1. The number of carbonyl (C=O) groups is 1. The van der Waals surface area contributed by atoms with Crippen LogP contribution in [-0.2, 0) is 26.7 Å². The second-order valence-electron chi connectivity index (χ2n) is 10.6. The van der Waals surface area contributed by atoms with Crippen molar-refractivity contribution in [1.82, 2.24) is 19.2 Å². The van der Waals surface area contributed by atoms with Crippen LogP contribution >= 0.6 is 0 Å². The number of alkyl carbamates (subject to hydrolysis) is 1. The van der Waals surface area contributed by atoms with Gasteiger partial charge in [0.15, 0.2) is 0 Å². The predicted molar refractivity (Wildman–Crippen MR) is 128 cm³/mol. The first-order valence-corrected chi connectivity index (χ1v) is 13.6. The number of hydrogen-bond acceptors (Lipinski definition) is 5. The molecule has 0 bridgehead atoms. The quantitative estimate of drug-likeness (QED) is 0.624. The lowest BCUT2D eigenvalue weighted by Crippen LogP contribution is -2.55. The summed E-state index contributed by atoms with van der Waals surface area (Å²) in [6.07, 6.45) is -0.322. The van der Waals surface area contributed by atoms with Gasteiger partial charge in [-0.2, -0.15) is 4.31 Å². The molecule has 8 nitrogen and oxygen atoms in total. The molecule has 1 saturated heterocycles. The molecule has 1 aliphatic heterocycles. The molecule has 0 atom stereocenters. The second kappa shape index (κ2) is 9.31. The third kappa shape index (κ3) is 5.45. The van der Waals surface area contributed by atoms with E-state index in [9.17, 15) is 22.0 Å². The Morgan fingerprint density at radius 1 is 1.23 bits per heavy atom. The SMILES string of the molecule is CCNC(=O)OC1CN(S(=O)(=O)c2ccc3c(c2)nc(C(C)(C)C)n3CC2CCC(F)(F)CC2)C1. The van der Waals surface area contributed by atoms with Gasteiger partial charge >= 0.3 is 6.09 Å². The maximum absolute atomic E-state index is 13.6. The average Bonchev–Trinajstić information content (AvgIpc) is 3.10. The van der Waals surface area contributed by atoms with Crippen LogP contribution in [0.5, 0.6) is 0 Å². The van der Waals surface area contributed by atoms with Crippen LogP contribution in [0.3, 0.4) is 0 Å². The highest BCUT2D eigenvalue weighted by atomic mass is 32.2. The van der Waals surface area contributed by atoms with Gasteiger partial charge in [-0.15, -0.1) is 0 Å². The van der Waals surface area contributed by atoms with Crippen molar-refractivity contribution in [1.29, 1.82) is 0 Å². The average molecular weight is 513 g/mol. The molecule has 11 heteroatoms. The largest absolute Gasteiger partial charge is 0.443 e. The Morgan fingerprint density at radius 2 is 1.89 bits per heavy atom. The maximum Gasteiger partial charge on any atom is 0.407 e. The van der Waals surface area contributed by atoms with Crippen molar-refractivity contribution in [3.8, 4) is 0 Å². The smallest absolute Gasteiger partial charge is 0.407 e. The Labute approximate surface area is 205 Å². The number of sulfonamides is 1. The summed E-state index contributed by atoms with van der Waals surface area (Å²) in [4.78, 5) is 16.5. The lowest BCUT2D eigenvalue weighted by Gasteiger charge is -2.37. The molecule has 194 valence electrons. The minimum absolute atomic E-state index is 0.0990. The van der Waals surface area contributed by atoms with Gasteiger partial charge in [0.1, 0.15) is 11.9 Å². The molecular weight excluding hydrogens is 478 g/mol. The Kier molecular flexibility index (Phi) is 6.87. The fraction of sp³-hybridized carbons (Fsp3) is 0.667. The van der Waals surface area contributed by atoms with Crippen LogP contribution in [0.4, 0.5) is 13.6 Å². The van der Waals surface area contributed by atoms with Gasteiger partial charge in [0.2, 0.25) is 15.9 Å². The Bertz CT molecular complexity index is 1190. The van der Waals surface area contributed by atoms with Crippen LogP contribution in [0.2, 0.25) is 0 Å². The molecule has 35 heavy (non-hydrogen) atoms. The van der Waals surface area contributed by atoms with Gasteiger partial charge in [0.25, 0.3) is 0 Å². The number of rotatable bonds is 6. The summed E-state index contributed by atoms with van der Waals surface area (Å²) in [6, 6.07) is 4.89. The van der Waals surface area contributed by atoms with E-state index in [1.165, 1.54) is 4.31 Å². The normalized spacial score (nSPS) is 20.1. The van der Waals surface area contributed by atoms with Crippen molar-refractivity contribution < 1.29 is 26.7 Å². The fourth-order valence-electron chi connectivity index (χ4n) is 4.73. The number of carbonyl (C=O) groups excluding carboxylic acids is 1. The summed E-state index contributed by atoms with van der Waals surface area (Å²) in [6.45, 7) is 9.09. The van der Waals surface area contributed by atoms with Crippen molar-refractivity contribution in [3.63, 3.8) is 0 Å². The summed E-state index contributed by atoms with van der Waals surface area (Å²) in [7, 11) is -3.76. The Hall–Kier alpha value is -2.27. The van der Waals surface area contributed by atoms with Crippen molar-refractivity contribution in [2.75, 3.05) is 19.6 Å². The van der Waals surface area contributed by atoms with Crippen molar-refractivity contribution in [2.45, 2.75) is 82.3 Å². The molecule has 2 aliphatic rings. The van der Waals surface area contributed by atoms with Gasteiger partial charge in [-0.1, -0.05) is 20.8 Å². The highest BCUT2D eigenvalue weighted by molar-refractivity contribution is 7.89. The molecule has 0 unspecified atom stereocenters. The van der Waals surface area contributed by atoms with Crippen LogP contribution in [-0.4, -0.2) is 60.0 Å². The predicted octanol–water partition coefficient (Wildman–Crippen LogP) is 4.28. The molecule has 4 rings (SSSR count). The number of hydrogen-bond donors (Lipinski definition) is 1. The molecule has 2 fully saturated rings. The minimum Gasteiger partial charge on any atom is -0.443 e. The summed E-state index contributed by atoms with van der Waals surface area (Å²) in [5, 5.41) is 2.53. The highest BCUT2D eigenvalue weighted by Crippen LogP contribution is 2.38. The molecule has 1 amide bonds. The number of halogens is 2. The van der Waals surface area contributed by atoms with E-state index in [4.69, 9.17) is 9.72 Å². The number of aromatic nitrogens is 2. The van der Waals surface area contributed by atoms with E-state index in [-0.39, 0.29) is 42.2 Å². The summed E-state index contributed by atoms with van der Waals surface area (Å²) >= 11 is 0. The van der Waals surface area contributed by atoms with E-state index >= 15 is 0 Å². The Balaban J connectivity index is 1.56. The molecule has 1 aromatic carbocycles. The zero-order valence-electron chi connectivity index (χ0n) is 20.7. The van der Waals surface area contributed by atoms with Crippen molar-refractivity contribution in [2.24, 2.45) is 5.92 Å². The highest BCUT2D eigenvalue weighted by Gasteiger charge is 2.40. The van der Waals surface area contributed by atoms with Crippen molar-refractivity contribution in [3.05, 3.63) is 24.0 Å². The zero-order valence-corrected chi connectivity index (χ0v) is 21.5. The molecule has 1 aromatic heterocycles. The van der Waals surface area contributed by atoms with Crippen LogP contribution < -0.4 is 5.32 Å². The Morgan fingerprint density at radius 3 is 2.49 bits per heavy atom. The number of ether oxygens (including phenoxy) is 1. The number of alkyl halides is 2. The number of nitrogens with zero attached hydrogens (tertiary/aromatic N) is 3. The number of benzene rings is 1. The third-order valence-electron chi connectivity index (χ3n) is 6.72. The molecule has 1 N–H and O–H groups in total. The summed E-state index contributed by atoms with van der Waals surface area (Å²) in [5.41, 5.74) is 1.05. The van der Waals surface area contributed by atoms with E-state index in [0.717, 1.165) is 11.3 Å². The first-order chi connectivity index (χ1) is 16.3. The lowest BCUT2D eigenvalue weighted by atomic mass is 9.86. The van der Waals surface area contributed by atoms with Crippen LogP contribution in [0.15, 0.2) is 23.1 Å². The summed E-state index contributed by atoms with van der Waals surface area (Å²) < 4.78 is 62.1. The van der Waals surface area contributed by atoms with Crippen LogP contribution in [0.1, 0.15) is 59.2 Å². The zero-order chi connectivity index (χ0) is 25.6. The van der Waals surface area contributed by atoms with Gasteiger partial charge < -0.3 is 14.6 Å². The number of fused-ring (bicyclic) bond motifs is 1. The van der Waals surface area contributed by atoms with Gasteiger partial charge in [0.05, 0.1) is 29.0 Å². The van der Waals surface area contributed by atoms with Gasteiger partial charge in [-0.25, -0.2) is 27.0 Å². The van der Waals surface area contributed by atoms with E-state index < -0.39 is 28.1 Å². The monoisotopic (exact) mass is 512 g/mol. The molecule has 1 aliphatic carbocycles. The van der Waals surface area contributed by atoms with E-state index in [1.807, 2.05) is 20.8 Å². The first-order valence-electron chi connectivity index (χ1n) is 12.1. The standard InChI is InChI=1S/C24H34F2N4O4S/c1-5-27-22(31)34-17-14-29(15-17)35(32,33)18-6-7-20-19(12-18)28-21(23(2,3)4)30(20)13-16-8-10-24(25,26)11-9-16/h6-7,12,16-17H,5,8-11,13-15H2,1-4H3,(H,27,31). The molecule has 2 heterocycles. The van der Waals surface area contributed by atoms with E-state index in [2.05, 4.69) is 9.88 Å². The third-order valence-corrected chi connectivity index (χ3v) is 8.54. The first kappa shape index (κ1) is 25.8. The van der Waals surface area contributed by atoms with E-state index in [1.54, 1.807) is 25.1 Å². The van der Waals surface area contributed by atoms with Gasteiger partial charge in [-0.3, -0.25) is 0 Å². The molecule has 0 radical (unpaired) electrons. The number of imidazole rings is 1. The van der Waals surface area contributed by atoms with Crippen LogP contribution in [0.25, 0.3) is 11.0 Å². The number of amides is 1.